The van der Waals surface area contributed by atoms with E-state index in [0.29, 0.717) is 31.3 Å². The third-order valence-corrected chi connectivity index (χ3v) is 3.75. The summed E-state index contributed by atoms with van der Waals surface area (Å²) in [7, 11) is 1.86. The Balaban J connectivity index is 2.10. The highest BCUT2D eigenvalue weighted by atomic mass is 16.5. The van der Waals surface area contributed by atoms with Crippen LogP contribution in [0, 0.1) is 0 Å². The summed E-state index contributed by atoms with van der Waals surface area (Å²) in [5, 5.41) is 3.96. The minimum Gasteiger partial charge on any atom is -0.465 e. The molecule has 1 aromatic carbocycles. The van der Waals surface area contributed by atoms with Gasteiger partial charge in [0.25, 0.3) is 0 Å². The zero-order valence-corrected chi connectivity index (χ0v) is 14.7. The maximum Gasteiger partial charge on any atom is 0.323 e. The second kappa shape index (κ2) is 8.59. The molecule has 2 rings (SSSR count). The van der Waals surface area contributed by atoms with Crippen molar-refractivity contribution in [1.82, 2.24) is 15.0 Å². The third-order valence-electron chi connectivity index (χ3n) is 3.75. The molecule has 1 heterocycles. The predicted molar refractivity (Wildman–Crippen MR) is 90.4 cm³/mol. The molecule has 0 bridgehead atoms. The van der Waals surface area contributed by atoms with E-state index in [1.54, 1.807) is 0 Å². The van der Waals surface area contributed by atoms with Gasteiger partial charge in [0.15, 0.2) is 5.82 Å². The van der Waals surface area contributed by atoms with Gasteiger partial charge >= 0.3 is 5.97 Å². The topological polar surface area (TPSA) is 68.5 Å². The normalized spacial score (nSPS) is 12.6. The number of carbonyl (C=O) groups is 1. The van der Waals surface area contributed by atoms with Crippen molar-refractivity contribution in [2.45, 2.75) is 45.7 Å². The van der Waals surface area contributed by atoms with E-state index in [2.05, 4.69) is 10.1 Å². The van der Waals surface area contributed by atoms with Gasteiger partial charge in [-0.15, -0.1) is 0 Å². The Labute approximate surface area is 142 Å². The second-order valence-corrected chi connectivity index (χ2v) is 6.07. The number of hydrogen-bond donors (Lipinski definition) is 0. The summed E-state index contributed by atoms with van der Waals surface area (Å²) < 4.78 is 10.5. The van der Waals surface area contributed by atoms with Gasteiger partial charge < -0.3 is 9.26 Å². The molecule has 1 atom stereocenters. The van der Waals surface area contributed by atoms with Crippen LogP contribution in [0.2, 0.25) is 0 Å². The fourth-order valence-electron chi connectivity index (χ4n) is 2.39. The number of rotatable bonds is 8. The molecule has 0 amide bonds. The van der Waals surface area contributed by atoms with E-state index in [1.165, 1.54) is 0 Å². The molecule has 2 aromatic rings. The molecule has 0 N–H and O–H groups in total. The number of likely N-dealkylation sites (N-methyl/N-ethyl adjacent to an activating group) is 1. The van der Waals surface area contributed by atoms with Gasteiger partial charge in [-0.05, 0) is 26.0 Å². The summed E-state index contributed by atoms with van der Waals surface area (Å²) in [5.74, 6) is 1.14. The highest BCUT2D eigenvalue weighted by molar-refractivity contribution is 5.76. The SMILES string of the molecule is CCOC(=O)[C@@H](Cc1ccccc1)N(C)Cc1nc(C(C)C)no1. The fraction of sp³-hybridized carbons (Fsp3) is 0.500. The predicted octanol–water partition coefficient (Wildman–Crippen LogP) is 2.80. The van der Waals surface area contributed by atoms with Gasteiger partial charge in [-0.3, -0.25) is 9.69 Å². The molecule has 0 aliphatic rings. The minimum atomic E-state index is -0.401. The van der Waals surface area contributed by atoms with E-state index in [-0.39, 0.29) is 11.9 Å². The molecular weight excluding hydrogens is 306 g/mol. The average molecular weight is 331 g/mol. The smallest absolute Gasteiger partial charge is 0.323 e. The van der Waals surface area contributed by atoms with Gasteiger partial charge in [-0.1, -0.05) is 49.3 Å². The zero-order chi connectivity index (χ0) is 17.5. The first-order valence-electron chi connectivity index (χ1n) is 8.24. The van der Waals surface area contributed by atoms with Gasteiger partial charge in [-0.25, -0.2) is 0 Å². The maximum atomic E-state index is 12.4. The number of benzene rings is 1. The fourth-order valence-corrected chi connectivity index (χ4v) is 2.39. The van der Waals surface area contributed by atoms with Gasteiger partial charge in [-0.2, -0.15) is 4.98 Å². The van der Waals surface area contributed by atoms with E-state index in [0.717, 1.165) is 5.56 Å². The lowest BCUT2D eigenvalue weighted by molar-refractivity contribution is -0.149. The average Bonchev–Trinajstić information content (AvgIpc) is 3.02. The minimum absolute atomic E-state index is 0.206. The molecule has 0 aliphatic carbocycles. The molecule has 6 nitrogen and oxygen atoms in total. The van der Waals surface area contributed by atoms with E-state index in [4.69, 9.17) is 9.26 Å². The lowest BCUT2D eigenvalue weighted by Crippen LogP contribution is -2.41. The standard InChI is InChI=1S/C18H25N3O3/c1-5-23-18(22)15(11-14-9-7-6-8-10-14)21(4)12-16-19-17(13(2)3)20-24-16/h6-10,13,15H,5,11-12H2,1-4H3/t15-/m1/s1. The van der Waals surface area contributed by atoms with Crippen LogP contribution in [0.25, 0.3) is 0 Å². The molecule has 0 unspecified atom stereocenters. The summed E-state index contributed by atoms with van der Waals surface area (Å²) in [5.41, 5.74) is 1.08. The van der Waals surface area contributed by atoms with Gasteiger partial charge in [0.2, 0.25) is 5.89 Å². The molecule has 0 saturated carbocycles. The summed E-state index contributed by atoms with van der Waals surface area (Å²) >= 11 is 0. The molecule has 0 spiro atoms. The van der Waals surface area contributed by atoms with E-state index < -0.39 is 6.04 Å². The van der Waals surface area contributed by atoms with Crippen molar-refractivity contribution in [3.8, 4) is 0 Å². The maximum absolute atomic E-state index is 12.4. The Morgan fingerprint density at radius 2 is 2.00 bits per heavy atom. The van der Waals surface area contributed by atoms with E-state index in [9.17, 15) is 4.79 Å². The highest BCUT2D eigenvalue weighted by Gasteiger charge is 2.26. The van der Waals surface area contributed by atoms with Crippen LogP contribution in [0.15, 0.2) is 34.9 Å². The van der Waals surface area contributed by atoms with E-state index >= 15 is 0 Å². The van der Waals surface area contributed by atoms with Crippen LogP contribution in [-0.4, -0.2) is 40.7 Å². The van der Waals surface area contributed by atoms with Crippen molar-refractivity contribution in [1.29, 1.82) is 0 Å². The number of carbonyl (C=O) groups excluding carboxylic acids is 1. The quantitative estimate of drug-likeness (QED) is 0.693. The highest BCUT2D eigenvalue weighted by Crippen LogP contribution is 2.14. The Kier molecular flexibility index (Phi) is 6.49. The van der Waals surface area contributed by atoms with Crippen molar-refractivity contribution in [3.63, 3.8) is 0 Å². The Morgan fingerprint density at radius 1 is 1.29 bits per heavy atom. The van der Waals surface area contributed by atoms with Crippen LogP contribution in [0.4, 0.5) is 0 Å². The number of hydrogen-bond acceptors (Lipinski definition) is 6. The molecule has 0 aliphatic heterocycles. The first-order chi connectivity index (χ1) is 11.5. The molecule has 6 heteroatoms. The summed E-state index contributed by atoms with van der Waals surface area (Å²) in [4.78, 5) is 18.6. The summed E-state index contributed by atoms with van der Waals surface area (Å²) in [6.45, 7) is 6.58. The van der Waals surface area contributed by atoms with Crippen LogP contribution < -0.4 is 0 Å². The first kappa shape index (κ1) is 18.1. The van der Waals surface area contributed by atoms with Crippen LogP contribution in [-0.2, 0) is 22.5 Å². The van der Waals surface area contributed by atoms with Crippen LogP contribution >= 0.6 is 0 Å². The van der Waals surface area contributed by atoms with Gasteiger partial charge in [0.05, 0.1) is 13.2 Å². The molecule has 0 radical (unpaired) electrons. The van der Waals surface area contributed by atoms with Crippen LogP contribution in [0.1, 0.15) is 44.0 Å². The Hall–Kier alpha value is -2.21. The van der Waals surface area contributed by atoms with Gasteiger partial charge in [0.1, 0.15) is 6.04 Å². The monoisotopic (exact) mass is 331 g/mol. The number of ether oxygens (including phenoxy) is 1. The zero-order valence-electron chi connectivity index (χ0n) is 14.7. The summed E-state index contributed by atoms with van der Waals surface area (Å²) in [6.07, 6.45) is 0.571. The van der Waals surface area contributed by atoms with Crippen molar-refractivity contribution in [2.75, 3.05) is 13.7 Å². The van der Waals surface area contributed by atoms with Crippen LogP contribution in [0.5, 0.6) is 0 Å². The Bertz CT molecular complexity index is 640. The second-order valence-electron chi connectivity index (χ2n) is 6.07. The van der Waals surface area contributed by atoms with Crippen molar-refractivity contribution in [3.05, 3.63) is 47.6 Å². The third kappa shape index (κ3) is 4.89. The van der Waals surface area contributed by atoms with Crippen molar-refractivity contribution in [2.24, 2.45) is 0 Å². The lowest BCUT2D eigenvalue weighted by atomic mass is 10.0. The largest absolute Gasteiger partial charge is 0.465 e. The first-order valence-corrected chi connectivity index (χ1v) is 8.24. The van der Waals surface area contributed by atoms with E-state index in [1.807, 2.05) is 63.1 Å². The van der Waals surface area contributed by atoms with Crippen molar-refractivity contribution >= 4 is 5.97 Å². The number of nitrogens with zero attached hydrogens (tertiary/aromatic N) is 3. The van der Waals surface area contributed by atoms with Crippen molar-refractivity contribution < 1.29 is 14.1 Å². The lowest BCUT2D eigenvalue weighted by Gasteiger charge is -2.25. The molecule has 1 aromatic heterocycles. The van der Waals surface area contributed by atoms with Crippen LogP contribution in [0.3, 0.4) is 0 Å². The molecular formula is C18H25N3O3. The molecule has 130 valence electrons. The molecule has 0 fully saturated rings. The molecule has 0 saturated heterocycles. The summed E-state index contributed by atoms with van der Waals surface area (Å²) in [6, 6.07) is 9.49. The van der Waals surface area contributed by atoms with Gasteiger partial charge in [0, 0.05) is 5.92 Å². The Morgan fingerprint density at radius 3 is 2.58 bits per heavy atom. The molecule has 24 heavy (non-hydrogen) atoms. The number of esters is 1. The number of aromatic nitrogens is 2.